The number of carbonyl (C=O) groups is 3. The average molecular weight is 385 g/mol. The van der Waals surface area contributed by atoms with Gasteiger partial charge in [0.2, 0.25) is 5.91 Å². The van der Waals surface area contributed by atoms with E-state index < -0.39 is 17.8 Å². The van der Waals surface area contributed by atoms with Gasteiger partial charge in [0.05, 0.1) is 17.7 Å². The molecule has 8 nitrogen and oxygen atoms in total. The molecule has 0 bridgehead atoms. The Morgan fingerprint density at radius 3 is 2.79 bits per heavy atom. The van der Waals surface area contributed by atoms with Crippen molar-refractivity contribution in [2.45, 2.75) is 32.2 Å². The summed E-state index contributed by atoms with van der Waals surface area (Å²) < 4.78 is 13.5. The molecule has 1 aromatic carbocycles. The van der Waals surface area contributed by atoms with E-state index in [4.69, 9.17) is 11.0 Å². The van der Waals surface area contributed by atoms with E-state index >= 15 is 0 Å². The summed E-state index contributed by atoms with van der Waals surface area (Å²) in [4.78, 5) is 39.9. The van der Waals surface area contributed by atoms with Crippen LogP contribution in [0.25, 0.3) is 0 Å². The molecule has 0 aliphatic carbocycles. The Morgan fingerprint density at radius 2 is 2.14 bits per heavy atom. The minimum Gasteiger partial charge on any atom is -0.402 e. The highest BCUT2D eigenvalue weighted by Gasteiger charge is 2.35. The SMILES string of the molecule is C[C@H]1CC(N)=C(C(=O)N2CCCC2=O)CN1C(=O)Nc1ccc(F)c(C#N)c1. The molecule has 146 valence electrons. The molecule has 4 amide bonds. The van der Waals surface area contributed by atoms with E-state index in [0.717, 1.165) is 6.07 Å². The summed E-state index contributed by atoms with van der Waals surface area (Å²) in [5.74, 6) is -1.38. The highest BCUT2D eigenvalue weighted by Crippen LogP contribution is 2.25. The Morgan fingerprint density at radius 1 is 1.39 bits per heavy atom. The Balaban J connectivity index is 1.77. The first-order valence-corrected chi connectivity index (χ1v) is 8.91. The fourth-order valence-corrected chi connectivity index (χ4v) is 3.37. The van der Waals surface area contributed by atoms with Crippen molar-refractivity contribution < 1.29 is 18.8 Å². The lowest BCUT2D eigenvalue weighted by Gasteiger charge is -2.35. The number of rotatable bonds is 2. The normalized spacial score (nSPS) is 19.6. The smallest absolute Gasteiger partial charge is 0.322 e. The molecular formula is C19H20FN5O3. The van der Waals surface area contributed by atoms with Crippen LogP contribution < -0.4 is 11.1 Å². The summed E-state index contributed by atoms with van der Waals surface area (Å²) in [7, 11) is 0. The number of hydrogen-bond acceptors (Lipinski definition) is 5. The van der Waals surface area contributed by atoms with Crippen LogP contribution in [-0.2, 0) is 9.59 Å². The van der Waals surface area contributed by atoms with E-state index in [9.17, 15) is 18.8 Å². The fourth-order valence-electron chi connectivity index (χ4n) is 3.37. The van der Waals surface area contributed by atoms with Gasteiger partial charge in [-0.05, 0) is 31.5 Å². The monoisotopic (exact) mass is 385 g/mol. The van der Waals surface area contributed by atoms with Crippen molar-refractivity contribution in [3.05, 3.63) is 40.8 Å². The number of carbonyl (C=O) groups excluding carboxylic acids is 3. The molecular weight excluding hydrogens is 365 g/mol. The van der Waals surface area contributed by atoms with Crippen molar-refractivity contribution in [3.8, 4) is 6.07 Å². The Hall–Kier alpha value is -3.41. The third-order valence-electron chi connectivity index (χ3n) is 4.94. The predicted octanol–water partition coefficient (Wildman–Crippen LogP) is 1.69. The first-order chi connectivity index (χ1) is 13.3. The maximum Gasteiger partial charge on any atom is 0.322 e. The van der Waals surface area contributed by atoms with Crippen molar-refractivity contribution in [1.29, 1.82) is 5.26 Å². The maximum absolute atomic E-state index is 13.5. The number of halogens is 1. The van der Waals surface area contributed by atoms with Gasteiger partial charge in [0.1, 0.15) is 11.9 Å². The largest absolute Gasteiger partial charge is 0.402 e. The van der Waals surface area contributed by atoms with Crippen LogP contribution in [0.5, 0.6) is 0 Å². The van der Waals surface area contributed by atoms with Crippen molar-refractivity contribution in [3.63, 3.8) is 0 Å². The molecule has 3 rings (SSSR count). The molecule has 3 N–H and O–H groups in total. The van der Waals surface area contributed by atoms with Crippen molar-refractivity contribution in [1.82, 2.24) is 9.80 Å². The lowest BCUT2D eigenvalue weighted by Crippen LogP contribution is -2.49. The molecule has 2 aliphatic heterocycles. The number of likely N-dealkylation sites (tertiary alicyclic amines) is 1. The number of urea groups is 1. The zero-order valence-electron chi connectivity index (χ0n) is 15.4. The summed E-state index contributed by atoms with van der Waals surface area (Å²) in [6.07, 6.45) is 1.23. The summed E-state index contributed by atoms with van der Waals surface area (Å²) >= 11 is 0. The predicted molar refractivity (Wildman–Crippen MR) is 98.1 cm³/mol. The Labute approximate surface area is 161 Å². The quantitative estimate of drug-likeness (QED) is 0.751. The second kappa shape index (κ2) is 7.68. The minimum absolute atomic E-state index is 0.0340. The third-order valence-corrected chi connectivity index (χ3v) is 4.94. The highest BCUT2D eigenvalue weighted by atomic mass is 19.1. The first-order valence-electron chi connectivity index (χ1n) is 8.91. The summed E-state index contributed by atoms with van der Waals surface area (Å²) in [6, 6.07) is 4.62. The highest BCUT2D eigenvalue weighted by molar-refractivity contribution is 6.06. The number of nitrogens with zero attached hydrogens (tertiary/aromatic N) is 3. The lowest BCUT2D eigenvalue weighted by atomic mass is 9.99. The fraction of sp³-hybridized carbons (Fsp3) is 0.368. The van der Waals surface area contributed by atoms with Gasteiger partial charge >= 0.3 is 6.03 Å². The number of nitrogens with one attached hydrogen (secondary N) is 1. The van der Waals surface area contributed by atoms with E-state index in [1.165, 1.54) is 21.9 Å². The molecule has 0 spiro atoms. The topological polar surface area (TPSA) is 120 Å². The molecule has 1 atom stereocenters. The molecule has 1 saturated heterocycles. The molecule has 2 heterocycles. The van der Waals surface area contributed by atoms with Crippen molar-refractivity contribution >= 4 is 23.5 Å². The van der Waals surface area contributed by atoms with Gasteiger partial charge in [0.25, 0.3) is 5.91 Å². The standard InChI is InChI=1S/C19H20FN5O3/c1-11-7-16(22)14(18(27)24-6-2-3-17(24)26)10-25(11)19(28)23-13-4-5-15(20)12(8-13)9-21/h4-5,8,11H,2-3,6-7,10,22H2,1H3,(H,23,28)/t11-/m0/s1. The number of nitriles is 1. The number of imide groups is 1. The number of nitrogens with two attached hydrogens (primary N) is 1. The maximum atomic E-state index is 13.5. The van der Waals surface area contributed by atoms with Gasteiger partial charge in [-0.25, -0.2) is 9.18 Å². The van der Waals surface area contributed by atoms with Crippen LogP contribution in [0.1, 0.15) is 31.7 Å². The van der Waals surface area contributed by atoms with Crippen LogP contribution in [0.15, 0.2) is 29.5 Å². The third kappa shape index (κ3) is 3.67. The van der Waals surface area contributed by atoms with Gasteiger partial charge in [-0.15, -0.1) is 0 Å². The molecule has 0 aromatic heterocycles. The van der Waals surface area contributed by atoms with Gasteiger partial charge in [0, 0.05) is 36.8 Å². The van der Waals surface area contributed by atoms with E-state index in [1.807, 2.05) is 0 Å². The molecule has 0 radical (unpaired) electrons. The Kier molecular flexibility index (Phi) is 5.31. The number of benzene rings is 1. The number of amides is 4. The van der Waals surface area contributed by atoms with Crippen LogP contribution >= 0.6 is 0 Å². The van der Waals surface area contributed by atoms with Crippen molar-refractivity contribution in [2.24, 2.45) is 5.73 Å². The molecule has 9 heteroatoms. The van der Waals surface area contributed by atoms with Crippen LogP contribution in [-0.4, -0.2) is 46.8 Å². The van der Waals surface area contributed by atoms with E-state index in [-0.39, 0.29) is 35.3 Å². The van der Waals surface area contributed by atoms with Gasteiger partial charge in [-0.3, -0.25) is 14.5 Å². The van der Waals surface area contributed by atoms with E-state index in [2.05, 4.69) is 5.32 Å². The molecule has 2 aliphatic rings. The molecule has 1 fully saturated rings. The summed E-state index contributed by atoms with van der Waals surface area (Å²) in [5, 5.41) is 11.5. The number of hydrogen-bond donors (Lipinski definition) is 2. The van der Waals surface area contributed by atoms with Crippen LogP contribution in [0, 0.1) is 17.1 Å². The molecule has 28 heavy (non-hydrogen) atoms. The zero-order chi connectivity index (χ0) is 20.4. The second-order valence-electron chi connectivity index (χ2n) is 6.88. The van der Waals surface area contributed by atoms with Gasteiger partial charge in [-0.2, -0.15) is 5.26 Å². The average Bonchev–Trinajstić information content (AvgIpc) is 3.08. The first kappa shape index (κ1) is 19.4. The molecule has 1 aromatic rings. The summed E-state index contributed by atoms with van der Waals surface area (Å²) in [6.45, 7) is 2.11. The van der Waals surface area contributed by atoms with Gasteiger partial charge in [0.15, 0.2) is 0 Å². The van der Waals surface area contributed by atoms with Crippen LogP contribution in [0.3, 0.4) is 0 Å². The summed E-state index contributed by atoms with van der Waals surface area (Å²) in [5.41, 5.74) is 6.73. The zero-order valence-corrected chi connectivity index (χ0v) is 15.4. The molecule has 0 saturated carbocycles. The van der Waals surface area contributed by atoms with Crippen molar-refractivity contribution in [2.75, 3.05) is 18.4 Å². The minimum atomic E-state index is -0.675. The van der Waals surface area contributed by atoms with Gasteiger partial charge < -0.3 is 16.0 Å². The van der Waals surface area contributed by atoms with Crippen LogP contribution in [0.2, 0.25) is 0 Å². The van der Waals surface area contributed by atoms with Gasteiger partial charge in [-0.1, -0.05) is 0 Å². The van der Waals surface area contributed by atoms with E-state index in [1.54, 1.807) is 13.0 Å². The molecule has 0 unspecified atom stereocenters. The number of anilines is 1. The second-order valence-corrected chi connectivity index (χ2v) is 6.88. The lowest BCUT2D eigenvalue weighted by molar-refractivity contribution is -0.139. The van der Waals surface area contributed by atoms with Crippen LogP contribution in [0.4, 0.5) is 14.9 Å². The Bertz CT molecular complexity index is 921. The van der Waals surface area contributed by atoms with E-state index in [0.29, 0.717) is 31.5 Å².